The van der Waals surface area contributed by atoms with Crippen LogP contribution in [0.4, 0.5) is 11.4 Å². The fraction of sp³-hybridized carbons (Fsp3) is 0.500. The summed E-state index contributed by atoms with van der Waals surface area (Å²) in [7, 11) is 0. The molecule has 1 aliphatic heterocycles. The van der Waals surface area contributed by atoms with Crippen molar-refractivity contribution < 1.29 is 4.79 Å². The predicted octanol–water partition coefficient (Wildman–Crippen LogP) is 4.72. The van der Waals surface area contributed by atoms with Gasteiger partial charge in [0.2, 0.25) is 0 Å². The van der Waals surface area contributed by atoms with Crippen molar-refractivity contribution in [3.05, 3.63) is 47.3 Å². The number of carbonyl (C=O) groups is 1. The van der Waals surface area contributed by atoms with Gasteiger partial charge in [-0.25, -0.2) is 0 Å². The van der Waals surface area contributed by atoms with Gasteiger partial charge in [0.15, 0.2) is 5.78 Å². The lowest BCUT2D eigenvalue weighted by Gasteiger charge is -2.28. The number of benzene rings is 1. The van der Waals surface area contributed by atoms with E-state index in [9.17, 15) is 4.79 Å². The maximum absolute atomic E-state index is 12.7. The summed E-state index contributed by atoms with van der Waals surface area (Å²) in [5.41, 5.74) is 5.49. The van der Waals surface area contributed by atoms with Gasteiger partial charge in [0.25, 0.3) is 0 Å². The molecule has 1 saturated carbocycles. The molecule has 0 bridgehead atoms. The Labute approximate surface area is 156 Å². The molecule has 1 aliphatic carbocycles. The Hall–Kier alpha value is -2.23. The molecule has 1 saturated heterocycles. The molecule has 0 amide bonds. The zero-order valence-corrected chi connectivity index (χ0v) is 15.9. The lowest BCUT2D eigenvalue weighted by Crippen LogP contribution is -2.29. The number of rotatable bonds is 6. The summed E-state index contributed by atoms with van der Waals surface area (Å²) in [6.45, 7) is 6.84. The number of Topliss-reactive ketones (excluding diaryl/α,β-unsaturated/α-hetero) is 1. The molecule has 138 valence electrons. The van der Waals surface area contributed by atoms with Gasteiger partial charge in [0, 0.05) is 47.5 Å². The van der Waals surface area contributed by atoms with Crippen LogP contribution in [-0.4, -0.2) is 30.0 Å². The second-order valence-electron chi connectivity index (χ2n) is 7.76. The third-order valence-electron chi connectivity index (χ3n) is 5.74. The summed E-state index contributed by atoms with van der Waals surface area (Å²) in [5, 5.41) is 3.30. The van der Waals surface area contributed by atoms with Gasteiger partial charge >= 0.3 is 0 Å². The van der Waals surface area contributed by atoms with Crippen LogP contribution < -0.4 is 10.2 Å². The van der Waals surface area contributed by atoms with Crippen molar-refractivity contribution in [3.63, 3.8) is 0 Å². The van der Waals surface area contributed by atoms with Crippen LogP contribution in [0.2, 0.25) is 0 Å². The molecule has 2 aromatic rings. The molecule has 4 nitrogen and oxygen atoms in total. The van der Waals surface area contributed by atoms with Gasteiger partial charge < -0.3 is 14.8 Å². The Kier molecular flexibility index (Phi) is 4.75. The lowest BCUT2D eigenvalue weighted by atomic mass is 10.1. The van der Waals surface area contributed by atoms with Gasteiger partial charge in [-0.15, -0.1) is 0 Å². The fourth-order valence-corrected chi connectivity index (χ4v) is 4.17. The van der Waals surface area contributed by atoms with Gasteiger partial charge in [-0.1, -0.05) is 0 Å². The zero-order valence-electron chi connectivity index (χ0n) is 15.9. The van der Waals surface area contributed by atoms with Gasteiger partial charge in [0.1, 0.15) is 0 Å². The number of carbonyl (C=O) groups excluding carboxylic acids is 1. The number of aromatic nitrogens is 1. The van der Waals surface area contributed by atoms with E-state index in [-0.39, 0.29) is 5.78 Å². The number of piperidine rings is 1. The highest BCUT2D eigenvalue weighted by molar-refractivity contribution is 6.00. The molecule has 2 fully saturated rings. The third kappa shape index (κ3) is 3.50. The van der Waals surface area contributed by atoms with Crippen molar-refractivity contribution in [1.29, 1.82) is 0 Å². The second kappa shape index (κ2) is 7.18. The van der Waals surface area contributed by atoms with E-state index in [1.165, 1.54) is 43.5 Å². The van der Waals surface area contributed by atoms with Crippen LogP contribution in [0.1, 0.15) is 59.9 Å². The van der Waals surface area contributed by atoms with Crippen molar-refractivity contribution in [1.82, 2.24) is 4.57 Å². The largest absolute Gasteiger partial charge is 0.378 e. The summed E-state index contributed by atoms with van der Waals surface area (Å²) in [6.07, 6.45) is 6.40. The number of hydrogen-bond donors (Lipinski definition) is 1. The maximum Gasteiger partial charge on any atom is 0.183 e. The van der Waals surface area contributed by atoms with Crippen LogP contribution in [0.3, 0.4) is 0 Å². The molecule has 4 heteroatoms. The van der Waals surface area contributed by atoms with E-state index in [1.807, 2.05) is 0 Å². The quantitative estimate of drug-likeness (QED) is 0.765. The average Bonchev–Trinajstić information content (AvgIpc) is 3.45. The first-order valence-corrected chi connectivity index (χ1v) is 9.94. The van der Waals surface area contributed by atoms with Crippen LogP contribution in [0, 0.1) is 13.8 Å². The van der Waals surface area contributed by atoms with E-state index in [0.717, 1.165) is 30.0 Å². The highest BCUT2D eigenvalue weighted by Crippen LogP contribution is 2.38. The molecular weight excluding hydrogens is 322 g/mol. The SMILES string of the molecule is Cc1cc(C(=O)CNc2ccc(N3CCCCC3)cc2)c(C)n1C1CC1. The summed E-state index contributed by atoms with van der Waals surface area (Å²) < 4.78 is 2.33. The predicted molar refractivity (Wildman–Crippen MR) is 108 cm³/mol. The Bertz CT molecular complexity index is 780. The summed E-state index contributed by atoms with van der Waals surface area (Å²) in [5.74, 6) is 0.171. The number of ketones is 1. The van der Waals surface area contributed by atoms with E-state index < -0.39 is 0 Å². The van der Waals surface area contributed by atoms with Crippen molar-refractivity contribution in [2.24, 2.45) is 0 Å². The van der Waals surface area contributed by atoms with Gasteiger partial charge in [-0.3, -0.25) is 4.79 Å². The van der Waals surface area contributed by atoms with Gasteiger partial charge in [0.05, 0.1) is 6.54 Å². The number of anilines is 2. The first kappa shape index (κ1) is 17.2. The topological polar surface area (TPSA) is 37.3 Å². The molecule has 1 N–H and O–H groups in total. The van der Waals surface area contributed by atoms with E-state index in [1.54, 1.807) is 0 Å². The molecule has 2 aliphatic rings. The molecule has 2 heterocycles. The Balaban J connectivity index is 1.38. The summed E-state index contributed by atoms with van der Waals surface area (Å²) >= 11 is 0. The maximum atomic E-state index is 12.7. The number of aryl methyl sites for hydroxylation is 1. The minimum atomic E-state index is 0.171. The number of nitrogens with one attached hydrogen (secondary N) is 1. The standard InChI is InChI=1S/C22H29N3O/c1-16-14-21(17(2)25(16)20-10-11-20)22(26)15-23-18-6-8-19(9-7-18)24-12-4-3-5-13-24/h6-9,14,20,23H,3-5,10-13,15H2,1-2H3. The molecule has 4 rings (SSSR count). The normalized spacial score (nSPS) is 17.4. The van der Waals surface area contributed by atoms with Gasteiger partial charge in [-0.05, 0) is 76.3 Å². The second-order valence-corrected chi connectivity index (χ2v) is 7.76. The third-order valence-corrected chi connectivity index (χ3v) is 5.74. The average molecular weight is 351 g/mol. The van der Waals surface area contributed by atoms with Crippen molar-refractivity contribution in [2.75, 3.05) is 29.9 Å². The van der Waals surface area contributed by atoms with Crippen LogP contribution in [0.25, 0.3) is 0 Å². The van der Waals surface area contributed by atoms with E-state index in [2.05, 4.69) is 59.0 Å². The van der Waals surface area contributed by atoms with E-state index >= 15 is 0 Å². The van der Waals surface area contributed by atoms with Crippen LogP contribution >= 0.6 is 0 Å². The zero-order chi connectivity index (χ0) is 18.1. The van der Waals surface area contributed by atoms with E-state index in [0.29, 0.717) is 12.6 Å². The van der Waals surface area contributed by atoms with Gasteiger partial charge in [-0.2, -0.15) is 0 Å². The van der Waals surface area contributed by atoms with E-state index in [4.69, 9.17) is 0 Å². The van der Waals surface area contributed by atoms with Crippen LogP contribution in [-0.2, 0) is 0 Å². The Morgan fingerprint density at radius 1 is 1.08 bits per heavy atom. The molecular formula is C22H29N3O. The molecule has 0 unspecified atom stereocenters. The van der Waals surface area contributed by atoms with Crippen molar-refractivity contribution >= 4 is 17.2 Å². The highest BCUT2D eigenvalue weighted by atomic mass is 16.1. The molecule has 26 heavy (non-hydrogen) atoms. The Morgan fingerprint density at radius 3 is 2.42 bits per heavy atom. The van der Waals surface area contributed by atoms with Crippen molar-refractivity contribution in [3.8, 4) is 0 Å². The fourth-order valence-electron chi connectivity index (χ4n) is 4.17. The minimum Gasteiger partial charge on any atom is -0.378 e. The first-order chi connectivity index (χ1) is 12.6. The smallest absolute Gasteiger partial charge is 0.183 e. The lowest BCUT2D eigenvalue weighted by molar-refractivity contribution is 0.101. The summed E-state index contributed by atoms with van der Waals surface area (Å²) in [4.78, 5) is 15.1. The Morgan fingerprint density at radius 2 is 1.77 bits per heavy atom. The molecule has 1 aromatic carbocycles. The highest BCUT2D eigenvalue weighted by Gasteiger charge is 2.28. The first-order valence-electron chi connectivity index (χ1n) is 9.94. The molecule has 0 atom stereocenters. The summed E-state index contributed by atoms with van der Waals surface area (Å²) in [6, 6.07) is 11.2. The minimum absolute atomic E-state index is 0.171. The van der Waals surface area contributed by atoms with Crippen molar-refractivity contribution in [2.45, 2.75) is 52.0 Å². The molecule has 0 radical (unpaired) electrons. The monoisotopic (exact) mass is 351 g/mol. The number of hydrogen-bond acceptors (Lipinski definition) is 3. The number of nitrogens with zero attached hydrogens (tertiary/aromatic N) is 2. The molecule has 0 spiro atoms. The van der Waals surface area contributed by atoms with Crippen LogP contribution in [0.5, 0.6) is 0 Å². The van der Waals surface area contributed by atoms with Crippen LogP contribution in [0.15, 0.2) is 30.3 Å². The molecule has 1 aromatic heterocycles.